The van der Waals surface area contributed by atoms with Crippen molar-refractivity contribution in [3.05, 3.63) is 33.6 Å². The number of halogens is 2. The number of hydrogen-bond acceptors (Lipinski definition) is 2. The Morgan fingerprint density at radius 2 is 2.37 bits per heavy atom. The Hall–Kier alpha value is -0.0900. The van der Waals surface area contributed by atoms with Crippen molar-refractivity contribution in [2.45, 2.75) is 37.2 Å². The molecule has 0 radical (unpaired) electrons. The lowest BCUT2D eigenvalue weighted by atomic mass is 10.0. The molecule has 0 bridgehead atoms. The largest absolute Gasteiger partial charge is 0.378 e. The topological polar surface area (TPSA) is 9.23 Å². The van der Waals surface area contributed by atoms with Gasteiger partial charge in [0.05, 0.1) is 11.5 Å². The van der Waals surface area contributed by atoms with Gasteiger partial charge >= 0.3 is 0 Å². The molecule has 2 atom stereocenters. The first kappa shape index (κ1) is 13.9. The van der Waals surface area contributed by atoms with Gasteiger partial charge in [-0.3, -0.25) is 0 Å². The van der Waals surface area contributed by atoms with Crippen LogP contribution in [0.25, 0.3) is 10.1 Å². The maximum absolute atomic E-state index is 6.59. The van der Waals surface area contributed by atoms with Crippen LogP contribution in [0.2, 0.25) is 0 Å². The lowest BCUT2D eigenvalue weighted by Crippen LogP contribution is -2.05. The minimum Gasteiger partial charge on any atom is -0.378 e. The lowest BCUT2D eigenvalue weighted by molar-refractivity contribution is 0.102. The van der Waals surface area contributed by atoms with E-state index in [9.17, 15) is 0 Å². The molecule has 1 fully saturated rings. The molecule has 1 aromatic carbocycles. The first-order chi connectivity index (χ1) is 9.25. The zero-order valence-corrected chi connectivity index (χ0v) is 13.7. The molecular formula is C15H16BrClOS. The van der Waals surface area contributed by atoms with Crippen molar-refractivity contribution in [2.24, 2.45) is 0 Å². The molecule has 1 saturated heterocycles. The predicted octanol–water partition coefficient (Wildman–Crippen LogP) is 5.90. The van der Waals surface area contributed by atoms with Gasteiger partial charge in [0.15, 0.2) is 0 Å². The minimum atomic E-state index is 0.0900. The highest BCUT2D eigenvalue weighted by molar-refractivity contribution is 9.10. The summed E-state index contributed by atoms with van der Waals surface area (Å²) in [5.41, 5.74) is 1.26. The number of alkyl halides is 1. The van der Waals surface area contributed by atoms with Crippen LogP contribution in [-0.2, 0) is 4.74 Å². The Kier molecular flexibility index (Phi) is 4.47. The van der Waals surface area contributed by atoms with Crippen molar-refractivity contribution in [2.75, 3.05) is 6.61 Å². The first-order valence-corrected chi connectivity index (χ1v) is 8.78. The Balaban J connectivity index is 1.74. The summed E-state index contributed by atoms with van der Waals surface area (Å²) in [6.07, 6.45) is 4.88. The van der Waals surface area contributed by atoms with E-state index in [2.05, 4.69) is 39.5 Å². The second-order valence-electron chi connectivity index (χ2n) is 4.99. The maximum Gasteiger partial charge on any atom is 0.0600 e. The van der Waals surface area contributed by atoms with Crippen LogP contribution in [0.4, 0.5) is 0 Å². The van der Waals surface area contributed by atoms with Gasteiger partial charge in [0.25, 0.3) is 0 Å². The highest BCUT2D eigenvalue weighted by Crippen LogP contribution is 2.39. The zero-order valence-electron chi connectivity index (χ0n) is 10.6. The first-order valence-electron chi connectivity index (χ1n) is 6.67. The molecule has 3 rings (SSSR count). The zero-order chi connectivity index (χ0) is 13.2. The summed E-state index contributed by atoms with van der Waals surface area (Å²) in [4.78, 5) is 0. The average Bonchev–Trinajstić information content (AvgIpc) is 3.06. The number of ether oxygens (including phenoxy) is 1. The predicted molar refractivity (Wildman–Crippen MR) is 86.3 cm³/mol. The second-order valence-corrected chi connectivity index (χ2v) is 7.25. The summed E-state index contributed by atoms with van der Waals surface area (Å²) in [6, 6.07) is 6.32. The standard InChI is InChI=1S/C15H16BrClOS/c16-13-5-1-4-11-12(9-19-15(11)13)14(17)7-6-10-3-2-8-18-10/h1,4-5,9-10,14H,2-3,6-8H2. The van der Waals surface area contributed by atoms with Crippen molar-refractivity contribution in [3.63, 3.8) is 0 Å². The molecular weight excluding hydrogens is 344 g/mol. The summed E-state index contributed by atoms with van der Waals surface area (Å²) in [6.45, 7) is 0.923. The van der Waals surface area contributed by atoms with Gasteiger partial charge in [-0.1, -0.05) is 12.1 Å². The molecule has 1 aliphatic rings. The van der Waals surface area contributed by atoms with E-state index in [0.717, 1.165) is 23.9 Å². The van der Waals surface area contributed by atoms with Crippen LogP contribution in [0.1, 0.15) is 36.6 Å². The fourth-order valence-corrected chi connectivity index (χ4v) is 4.70. The van der Waals surface area contributed by atoms with Crippen LogP contribution in [0, 0.1) is 0 Å². The third-order valence-corrected chi connectivity index (χ3v) is 6.11. The molecule has 0 amide bonds. The summed E-state index contributed by atoms with van der Waals surface area (Å²) < 4.78 is 8.11. The van der Waals surface area contributed by atoms with E-state index >= 15 is 0 Å². The summed E-state index contributed by atoms with van der Waals surface area (Å²) in [7, 11) is 0. The van der Waals surface area contributed by atoms with E-state index in [1.54, 1.807) is 11.3 Å². The van der Waals surface area contributed by atoms with Gasteiger partial charge in [0.1, 0.15) is 0 Å². The molecule has 0 saturated carbocycles. The van der Waals surface area contributed by atoms with Crippen LogP contribution in [-0.4, -0.2) is 12.7 Å². The molecule has 4 heteroatoms. The lowest BCUT2D eigenvalue weighted by Gasteiger charge is -2.12. The third-order valence-electron chi connectivity index (χ3n) is 3.69. The Bertz CT molecular complexity index is 562. The van der Waals surface area contributed by atoms with Crippen LogP contribution < -0.4 is 0 Å². The molecule has 102 valence electrons. The molecule has 1 aliphatic heterocycles. The minimum absolute atomic E-state index is 0.0900. The quantitative estimate of drug-likeness (QED) is 0.617. The van der Waals surface area contributed by atoms with Gasteiger partial charge in [-0.15, -0.1) is 22.9 Å². The van der Waals surface area contributed by atoms with Crippen molar-refractivity contribution in [1.82, 2.24) is 0 Å². The van der Waals surface area contributed by atoms with Crippen molar-refractivity contribution < 1.29 is 4.74 Å². The van der Waals surface area contributed by atoms with E-state index in [0.29, 0.717) is 6.10 Å². The van der Waals surface area contributed by atoms with Crippen molar-refractivity contribution in [3.8, 4) is 0 Å². The molecule has 0 spiro atoms. The van der Waals surface area contributed by atoms with Crippen molar-refractivity contribution in [1.29, 1.82) is 0 Å². The smallest absolute Gasteiger partial charge is 0.0600 e. The van der Waals surface area contributed by atoms with Crippen LogP contribution in [0.3, 0.4) is 0 Å². The summed E-state index contributed by atoms with van der Waals surface area (Å²) in [5.74, 6) is 0. The van der Waals surface area contributed by atoms with Gasteiger partial charge < -0.3 is 4.74 Å². The van der Waals surface area contributed by atoms with E-state index in [1.165, 1.54) is 28.5 Å². The number of rotatable bonds is 4. The number of fused-ring (bicyclic) bond motifs is 1. The van der Waals surface area contributed by atoms with E-state index in [-0.39, 0.29) is 5.38 Å². The second kappa shape index (κ2) is 6.13. The molecule has 2 aromatic rings. The van der Waals surface area contributed by atoms with Gasteiger partial charge in [-0.2, -0.15) is 0 Å². The Morgan fingerprint density at radius 1 is 1.47 bits per heavy atom. The SMILES string of the molecule is ClC(CCC1CCCO1)c1csc2c(Br)cccc12. The van der Waals surface area contributed by atoms with Crippen LogP contribution >= 0.6 is 38.9 Å². The highest BCUT2D eigenvalue weighted by atomic mass is 79.9. The molecule has 1 aromatic heterocycles. The fourth-order valence-electron chi connectivity index (χ4n) is 2.64. The van der Waals surface area contributed by atoms with Crippen LogP contribution in [0.15, 0.2) is 28.1 Å². The summed E-state index contributed by atoms with van der Waals surface area (Å²) in [5, 5.41) is 3.57. The van der Waals surface area contributed by atoms with E-state index in [1.807, 2.05) is 0 Å². The number of thiophene rings is 1. The maximum atomic E-state index is 6.59. The molecule has 0 aliphatic carbocycles. The Labute approximate surface area is 131 Å². The normalized spacial score (nSPS) is 21.1. The van der Waals surface area contributed by atoms with Crippen LogP contribution in [0.5, 0.6) is 0 Å². The number of benzene rings is 1. The monoisotopic (exact) mass is 358 g/mol. The molecule has 2 unspecified atom stereocenters. The fraction of sp³-hybridized carbons (Fsp3) is 0.467. The summed E-state index contributed by atoms with van der Waals surface area (Å²) >= 11 is 12.0. The van der Waals surface area contributed by atoms with Gasteiger partial charge in [0.2, 0.25) is 0 Å². The van der Waals surface area contributed by atoms with Gasteiger partial charge in [-0.05, 0) is 64.0 Å². The molecule has 0 N–H and O–H groups in total. The van der Waals surface area contributed by atoms with Crippen molar-refractivity contribution >= 4 is 49.0 Å². The molecule has 2 heterocycles. The highest BCUT2D eigenvalue weighted by Gasteiger charge is 2.19. The van der Waals surface area contributed by atoms with E-state index in [4.69, 9.17) is 16.3 Å². The molecule has 1 nitrogen and oxygen atoms in total. The average molecular weight is 360 g/mol. The van der Waals surface area contributed by atoms with Gasteiger partial charge in [-0.25, -0.2) is 0 Å². The number of hydrogen-bond donors (Lipinski definition) is 0. The van der Waals surface area contributed by atoms with Gasteiger partial charge in [0, 0.05) is 15.8 Å². The van der Waals surface area contributed by atoms with E-state index < -0.39 is 0 Å². The third kappa shape index (κ3) is 2.99. The molecule has 19 heavy (non-hydrogen) atoms. The Morgan fingerprint density at radius 3 is 3.16 bits per heavy atom.